The number of amides is 1. The summed E-state index contributed by atoms with van der Waals surface area (Å²) in [6.07, 6.45) is 1.36. The zero-order valence-electron chi connectivity index (χ0n) is 10.4. The van der Waals surface area contributed by atoms with E-state index in [9.17, 15) is 4.79 Å². The van der Waals surface area contributed by atoms with Crippen LogP contribution in [-0.2, 0) is 9.53 Å². The van der Waals surface area contributed by atoms with Crippen molar-refractivity contribution in [2.75, 3.05) is 19.8 Å². The molecule has 0 heterocycles. The Hall–Kier alpha value is -0.680. The standard InChI is InChI=1S/C11H22N2O2S/c1-4-6-15-7-5-11(14)13(9(2)3)8-10(12)16/h9H,4-8H2,1-3H3,(H2,12,16). The highest BCUT2D eigenvalue weighted by molar-refractivity contribution is 7.80. The lowest BCUT2D eigenvalue weighted by Gasteiger charge is -2.26. The number of carbonyl (C=O) groups excluding carboxylic acids is 1. The Morgan fingerprint density at radius 1 is 1.44 bits per heavy atom. The van der Waals surface area contributed by atoms with Crippen molar-refractivity contribution in [1.29, 1.82) is 0 Å². The summed E-state index contributed by atoms with van der Waals surface area (Å²) in [6, 6.07) is 0.111. The smallest absolute Gasteiger partial charge is 0.225 e. The van der Waals surface area contributed by atoms with E-state index in [1.54, 1.807) is 4.90 Å². The highest BCUT2D eigenvalue weighted by atomic mass is 32.1. The van der Waals surface area contributed by atoms with Crippen molar-refractivity contribution in [3.63, 3.8) is 0 Å². The predicted octanol–water partition coefficient (Wildman–Crippen LogP) is 1.33. The summed E-state index contributed by atoms with van der Waals surface area (Å²) in [5.74, 6) is 0.0407. The highest BCUT2D eigenvalue weighted by Gasteiger charge is 2.16. The summed E-state index contributed by atoms with van der Waals surface area (Å²) in [6.45, 7) is 7.44. The third-order valence-corrected chi connectivity index (χ3v) is 2.21. The first-order chi connectivity index (χ1) is 7.49. The van der Waals surface area contributed by atoms with Crippen LogP contribution in [0.25, 0.3) is 0 Å². The molecule has 0 aliphatic carbocycles. The Labute approximate surface area is 103 Å². The van der Waals surface area contributed by atoms with E-state index in [1.807, 2.05) is 20.8 Å². The van der Waals surface area contributed by atoms with E-state index in [0.29, 0.717) is 31.2 Å². The first-order valence-electron chi connectivity index (χ1n) is 5.64. The summed E-state index contributed by atoms with van der Waals surface area (Å²) >= 11 is 4.82. The molecule has 5 heteroatoms. The molecule has 16 heavy (non-hydrogen) atoms. The van der Waals surface area contributed by atoms with Gasteiger partial charge in [0.1, 0.15) is 0 Å². The minimum atomic E-state index is 0.0407. The first kappa shape index (κ1) is 15.3. The summed E-state index contributed by atoms with van der Waals surface area (Å²) in [7, 11) is 0. The number of rotatable bonds is 8. The van der Waals surface area contributed by atoms with Crippen molar-refractivity contribution in [1.82, 2.24) is 4.90 Å². The summed E-state index contributed by atoms with van der Waals surface area (Å²) in [4.78, 5) is 13.8. The average Bonchev–Trinajstić information content (AvgIpc) is 2.20. The number of thiocarbonyl (C=S) groups is 1. The molecule has 0 aromatic heterocycles. The maximum absolute atomic E-state index is 11.8. The fraction of sp³-hybridized carbons (Fsp3) is 0.818. The lowest BCUT2D eigenvalue weighted by molar-refractivity contribution is -0.133. The molecule has 2 N–H and O–H groups in total. The van der Waals surface area contributed by atoms with Crippen LogP contribution in [0.5, 0.6) is 0 Å². The molecule has 0 spiro atoms. The monoisotopic (exact) mass is 246 g/mol. The zero-order valence-corrected chi connectivity index (χ0v) is 11.2. The van der Waals surface area contributed by atoms with Crippen LogP contribution in [0.3, 0.4) is 0 Å². The SMILES string of the molecule is CCCOCCC(=O)N(CC(N)=S)C(C)C. The minimum Gasteiger partial charge on any atom is -0.392 e. The molecule has 0 aromatic rings. The Bertz CT molecular complexity index is 232. The van der Waals surface area contributed by atoms with Crippen molar-refractivity contribution in [2.24, 2.45) is 5.73 Å². The van der Waals surface area contributed by atoms with E-state index >= 15 is 0 Å². The largest absolute Gasteiger partial charge is 0.392 e. The van der Waals surface area contributed by atoms with Gasteiger partial charge < -0.3 is 15.4 Å². The normalized spacial score (nSPS) is 10.5. The van der Waals surface area contributed by atoms with Crippen LogP contribution in [0.2, 0.25) is 0 Å². The Morgan fingerprint density at radius 2 is 2.06 bits per heavy atom. The Balaban J connectivity index is 4.02. The Morgan fingerprint density at radius 3 is 2.50 bits per heavy atom. The molecule has 0 aromatic carbocycles. The van der Waals surface area contributed by atoms with Gasteiger partial charge in [-0.25, -0.2) is 0 Å². The number of nitrogens with two attached hydrogens (primary N) is 1. The number of hydrogen-bond acceptors (Lipinski definition) is 3. The third-order valence-electron chi connectivity index (χ3n) is 2.08. The summed E-state index contributed by atoms with van der Waals surface area (Å²) in [5.41, 5.74) is 5.45. The van der Waals surface area contributed by atoms with Crippen LogP contribution in [0.1, 0.15) is 33.6 Å². The predicted molar refractivity (Wildman–Crippen MR) is 69.4 cm³/mol. The van der Waals surface area contributed by atoms with Crippen LogP contribution in [0, 0.1) is 0 Å². The van der Waals surface area contributed by atoms with Gasteiger partial charge in [0.15, 0.2) is 0 Å². The highest BCUT2D eigenvalue weighted by Crippen LogP contribution is 2.02. The van der Waals surface area contributed by atoms with E-state index in [1.165, 1.54) is 0 Å². The summed E-state index contributed by atoms with van der Waals surface area (Å²) in [5, 5.41) is 0. The van der Waals surface area contributed by atoms with Crippen LogP contribution in [0.4, 0.5) is 0 Å². The van der Waals surface area contributed by atoms with E-state index < -0.39 is 0 Å². The van der Waals surface area contributed by atoms with Gasteiger partial charge in [-0.15, -0.1) is 0 Å². The zero-order chi connectivity index (χ0) is 12.6. The summed E-state index contributed by atoms with van der Waals surface area (Å²) < 4.78 is 5.28. The second-order valence-electron chi connectivity index (χ2n) is 3.94. The average molecular weight is 246 g/mol. The van der Waals surface area contributed by atoms with E-state index in [0.717, 1.165) is 6.42 Å². The molecule has 0 fully saturated rings. The molecule has 1 amide bonds. The number of nitrogens with zero attached hydrogens (tertiary/aromatic N) is 1. The molecule has 0 atom stereocenters. The molecule has 0 radical (unpaired) electrons. The van der Waals surface area contributed by atoms with Crippen molar-refractivity contribution in [2.45, 2.75) is 39.7 Å². The molecular weight excluding hydrogens is 224 g/mol. The van der Waals surface area contributed by atoms with E-state index in [2.05, 4.69) is 0 Å². The minimum absolute atomic E-state index is 0.0407. The second kappa shape index (κ2) is 8.47. The fourth-order valence-corrected chi connectivity index (χ4v) is 1.42. The van der Waals surface area contributed by atoms with Crippen LogP contribution < -0.4 is 5.73 Å². The number of hydrogen-bond donors (Lipinski definition) is 1. The van der Waals surface area contributed by atoms with Gasteiger partial charge in [-0.1, -0.05) is 19.1 Å². The fourth-order valence-electron chi connectivity index (χ4n) is 1.28. The molecule has 0 saturated heterocycles. The van der Waals surface area contributed by atoms with Crippen molar-refractivity contribution >= 4 is 23.1 Å². The van der Waals surface area contributed by atoms with Gasteiger partial charge in [0.25, 0.3) is 0 Å². The van der Waals surface area contributed by atoms with Crippen molar-refractivity contribution < 1.29 is 9.53 Å². The van der Waals surface area contributed by atoms with Gasteiger partial charge in [0.05, 0.1) is 24.6 Å². The van der Waals surface area contributed by atoms with Gasteiger partial charge in [-0.2, -0.15) is 0 Å². The molecule has 0 unspecified atom stereocenters. The molecule has 4 nitrogen and oxygen atoms in total. The molecular formula is C11H22N2O2S. The second-order valence-corrected chi connectivity index (χ2v) is 4.47. The quantitative estimate of drug-likeness (QED) is 0.518. The van der Waals surface area contributed by atoms with Crippen molar-refractivity contribution in [3.05, 3.63) is 0 Å². The lowest BCUT2D eigenvalue weighted by Crippen LogP contribution is -2.42. The molecule has 0 bridgehead atoms. The van der Waals surface area contributed by atoms with E-state index in [-0.39, 0.29) is 11.9 Å². The van der Waals surface area contributed by atoms with Crippen molar-refractivity contribution in [3.8, 4) is 0 Å². The Kier molecular flexibility index (Phi) is 8.11. The van der Waals surface area contributed by atoms with Gasteiger partial charge >= 0.3 is 0 Å². The maximum Gasteiger partial charge on any atom is 0.225 e. The lowest BCUT2D eigenvalue weighted by atomic mass is 10.2. The van der Waals surface area contributed by atoms with Crippen LogP contribution in [-0.4, -0.2) is 41.6 Å². The van der Waals surface area contributed by atoms with Gasteiger partial charge in [0, 0.05) is 12.6 Å². The van der Waals surface area contributed by atoms with Gasteiger partial charge in [-0.05, 0) is 20.3 Å². The van der Waals surface area contributed by atoms with Gasteiger partial charge in [-0.3, -0.25) is 4.79 Å². The van der Waals surface area contributed by atoms with E-state index in [4.69, 9.17) is 22.7 Å². The molecule has 0 aliphatic rings. The molecule has 0 saturated carbocycles. The van der Waals surface area contributed by atoms with Crippen LogP contribution >= 0.6 is 12.2 Å². The molecule has 94 valence electrons. The number of carbonyl (C=O) groups is 1. The third kappa shape index (κ3) is 6.74. The first-order valence-corrected chi connectivity index (χ1v) is 6.05. The van der Waals surface area contributed by atoms with Gasteiger partial charge in [0.2, 0.25) is 5.91 Å². The molecule has 0 aliphatic heterocycles. The number of ether oxygens (including phenoxy) is 1. The maximum atomic E-state index is 11.8. The topological polar surface area (TPSA) is 55.6 Å². The van der Waals surface area contributed by atoms with Crippen LogP contribution in [0.15, 0.2) is 0 Å². The molecule has 0 rings (SSSR count).